The van der Waals surface area contributed by atoms with Crippen molar-refractivity contribution in [2.45, 2.75) is 24.8 Å². The maximum Gasteiger partial charge on any atom is 0.273 e. The monoisotopic (exact) mass is 276 g/mol. The Labute approximate surface area is 116 Å². The molecule has 19 heavy (non-hydrogen) atoms. The Kier molecular flexibility index (Phi) is 4.57. The van der Waals surface area contributed by atoms with Crippen LogP contribution in [-0.4, -0.2) is 27.1 Å². The Balaban J connectivity index is 1.99. The summed E-state index contributed by atoms with van der Waals surface area (Å²) in [5, 5.41) is 12.7. The second-order valence-corrected chi connectivity index (χ2v) is 5.39. The van der Waals surface area contributed by atoms with Gasteiger partial charge in [0.25, 0.3) is 5.91 Å². The van der Waals surface area contributed by atoms with Crippen LogP contribution >= 0.6 is 11.8 Å². The summed E-state index contributed by atoms with van der Waals surface area (Å²) >= 11 is 1.80. The van der Waals surface area contributed by atoms with Gasteiger partial charge in [-0.05, 0) is 30.4 Å². The molecule has 1 aromatic heterocycles. The first kappa shape index (κ1) is 13.6. The van der Waals surface area contributed by atoms with Gasteiger partial charge >= 0.3 is 0 Å². The fourth-order valence-corrected chi connectivity index (χ4v) is 2.35. The highest BCUT2D eigenvalue weighted by Crippen LogP contribution is 2.20. The minimum atomic E-state index is -0.228. The first-order chi connectivity index (χ1) is 9.20. The number of nitrogens with zero attached hydrogens (tertiary/aromatic N) is 2. The molecule has 100 valence electrons. The number of carbonyl (C=O) groups is 1. The van der Waals surface area contributed by atoms with Gasteiger partial charge in [0.15, 0.2) is 5.69 Å². The molecule has 0 saturated carbocycles. The molecular formula is C13H16N4OS. The lowest BCUT2D eigenvalue weighted by molar-refractivity contribution is 0.0935. The Bertz CT molecular complexity index is 524. The maximum atomic E-state index is 11.8. The number of rotatable bonds is 5. The van der Waals surface area contributed by atoms with Crippen molar-refractivity contribution in [1.82, 2.24) is 20.7 Å². The van der Waals surface area contributed by atoms with E-state index < -0.39 is 0 Å². The number of aromatic nitrogens is 3. The molecule has 2 N–H and O–H groups in total. The van der Waals surface area contributed by atoms with E-state index in [0.717, 1.165) is 11.3 Å². The van der Waals surface area contributed by atoms with E-state index in [4.69, 9.17) is 0 Å². The zero-order valence-corrected chi connectivity index (χ0v) is 11.7. The molecular weight excluding hydrogens is 260 g/mol. The standard InChI is InChI=1S/C13H16N4OS/c1-3-19-11-6-4-10(5-7-11)9(2)15-13(18)12-8-14-17-16-12/h4-9H,3H2,1-2H3,(H,15,18)(H,14,16,17)/t9-/m1/s1. The molecule has 0 bridgehead atoms. The summed E-state index contributed by atoms with van der Waals surface area (Å²) in [4.78, 5) is 13.1. The van der Waals surface area contributed by atoms with Crippen LogP contribution in [0.1, 0.15) is 35.9 Å². The van der Waals surface area contributed by atoms with Crippen LogP contribution in [0.25, 0.3) is 0 Å². The first-order valence-corrected chi connectivity index (χ1v) is 7.08. The van der Waals surface area contributed by atoms with Crippen LogP contribution in [-0.2, 0) is 0 Å². The van der Waals surface area contributed by atoms with E-state index in [1.807, 2.05) is 19.1 Å². The first-order valence-electron chi connectivity index (χ1n) is 6.10. The van der Waals surface area contributed by atoms with E-state index in [0.29, 0.717) is 5.69 Å². The third kappa shape index (κ3) is 3.57. The number of hydrogen-bond acceptors (Lipinski definition) is 4. The molecule has 1 atom stereocenters. The van der Waals surface area contributed by atoms with Gasteiger partial charge in [0.2, 0.25) is 0 Å². The second kappa shape index (κ2) is 6.38. The number of aromatic amines is 1. The van der Waals surface area contributed by atoms with Crippen molar-refractivity contribution in [1.29, 1.82) is 0 Å². The highest BCUT2D eigenvalue weighted by molar-refractivity contribution is 7.99. The predicted octanol–water partition coefficient (Wildman–Crippen LogP) is 2.41. The number of amides is 1. The molecule has 6 heteroatoms. The van der Waals surface area contributed by atoms with E-state index in [1.54, 1.807) is 11.8 Å². The van der Waals surface area contributed by atoms with Gasteiger partial charge in [-0.1, -0.05) is 19.1 Å². The number of hydrogen-bond donors (Lipinski definition) is 2. The zero-order chi connectivity index (χ0) is 13.7. The Morgan fingerprint density at radius 1 is 1.42 bits per heavy atom. The highest BCUT2D eigenvalue weighted by atomic mass is 32.2. The highest BCUT2D eigenvalue weighted by Gasteiger charge is 2.13. The summed E-state index contributed by atoms with van der Waals surface area (Å²) in [6.45, 7) is 4.07. The Morgan fingerprint density at radius 2 is 2.16 bits per heavy atom. The number of H-pyrrole nitrogens is 1. The number of thioether (sulfide) groups is 1. The minimum absolute atomic E-state index is 0.0649. The van der Waals surface area contributed by atoms with Gasteiger partial charge in [-0.3, -0.25) is 4.79 Å². The van der Waals surface area contributed by atoms with Crippen molar-refractivity contribution in [3.8, 4) is 0 Å². The van der Waals surface area contributed by atoms with Crippen LogP contribution in [0, 0.1) is 0 Å². The van der Waals surface area contributed by atoms with E-state index in [-0.39, 0.29) is 11.9 Å². The smallest absolute Gasteiger partial charge is 0.273 e. The summed E-state index contributed by atoms with van der Waals surface area (Å²) in [6.07, 6.45) is 1.41. The van der Waals surface area contributed by atoms with Crippen molar-refractivity contribution in [3.05, 3.63) is 41.7 Å². The number of carbonyl (C=O) groups excluding carboxylic acids is 1. The second-order valence-electron chi connectivity index (χ2n) is 4.05. The van der Waals surface area contributed by atoms with Crippen molar-refractivity contribution in [2.24, 2.45) is 0 Å². The van der Waals surface area contributed by atoms with Gasteiger partial charge in [0.05, 0.1) is 12.2 Å². The lowest BCUT2D eigenvalue weighted by Crippen LogP contribution is -2.26. The van der Waals surface area contributed by atoms with E-state index >= 15 is 0 Å². The number of benzene rings is 1. The maximum absolute atomic E-state index is 11.8. The Morgan fingerprint density at radius 3 is 2.74 bits per heavy atom. The molecule has 2 aromatic rings. The lowest BCUT2D eigenvalue weighted by Gasteiger charge is -2.13. The van der Waals surface area contributed by atoms with Crippen LogP contribution in [0.2, 0.25) is 0 Å². The topological polar surface area (TPSA) is 70.7 Å². The number of nitrogens with one attached hydrogen (secondary N) is 2. The van der Waals surface area contributed by atoms with Crippen LogP contribution in [0.5, 0.6) is 0 Å². The summed E-state index contributed by atoms with van der Waals surface area (Å²) in [5.41, 5.74) is 1.36. The van der Waals surface area contributed by atoms with Gasteiger partial charge in [0.1, 0.15) is 0 Å². The van der Waals surface area contributed by atoms with Crippen molar-refractivity contribution in [2.75, 3.05) is 5.75 Å². The van der Waals surface area contributed by atoms with Gasteiger partial charge in [-0.25, -0.2) is 0 Å². The molecule has 1 aromatic carbocycles. The van der Waals surface area contributed by atoms with Gasteiger partial charge in [-0.15, -0.1) is 11.8 Å². The minimum Gasteiger partial charge on any atom is -0.344 e. The molecule has 0 saturated heterocycles. The third-order valence-electron chi connectivity index (χ3n) is 2.69. The molecule has 0 aliphatic rings. The van der Waals surface area contributed by atoms with Crippen LogP contribution in [0.3, 0.4) is 0 Å². The van der Waals surface area contributed by atoms with E-state index in [1.165, 1.54) is 11.1 Å². The molecule has 1 amide bonds. The lowest BCUT2D eigenvalue weighted by atomic mass is 10.1. The molecule has 0 spiro atoms. The molecule has 0 aliphatic heterocycles. The normalized spacial score (nSPS) is 12.1. The molecule has 2 rings (SSSR count). The average Bonchev–Trinajstić information content (AvgIpc) is 2.94. The van der Waals surface area contributed by atoms with Crippen molar-refractivity contribution < 1.29 is 4.79 Å². The molecule has 0 unspecified atom stereocenters. The SMILES string of the molecule is CCSc1ccc([C@@H](C)NC(=O)c2cn[nH]n2)cc1. The fraction of sp³-hybridized carbons (Fsp3) is 0.308. The van der Waals surface area contributed by atoms with Crippen molar-refractivity contribution in [3.63, 3.8) is 0 Å². The van der Waals surface area contributed by atoms with Gasteiger partial charge in [-0.2, -0.15) is 15.4 Å². The van der Waals surface area contributed by atoms with Crippen LogP contribution < -0.4 is 5.32 Å². The molecule has 1 heterocycles. The van der Waals surface area contributed by atoms with Crippen molar-refractivity contribution >= 4 is 17.7 Å². The predicted molar refractivity (Wildman–Crippen MR) is 75.1 cm³/mol. The largest absolute Gasteiger partial charge is 0.344 e. The summed E-state index contributed by atoms with van der Waals surface area (Å²) in [5.74, 6) is 0.825. The molecule has 0 aliphatic carbocycles. The fourth-order valence-electron chi connectivity index (χ4n) is 1.68. The molecule has 5 nitrogen and oxygen atoms in total. The average molecular weight is 276 g/mol. The van der Waals surface area contributed by atoms with E-state index in [2.05, 4.69) is 39.8 Å². The van der Waals surface area contributed by atoms with Crippen LogP contribution in [0.4, 0.5) is 0 Å². The summed E-state index contributed by atoms with van der Waals surface area (Å²) in [7, 11) is 0. The van der Waals surface area contributed by atoms with Gasteiger partial charge < -0.3 is 5.32 Å². The van der Waals surface area contributed by atoms with Crippen LogP contribution in [0.15, 0.2) is 35.4 Å². The van der Waals surface area contributed by atoms with Gasteiger partial charge in [0, 0.05) is 4.90 Å². The third-order valence-corrected chi connectivity index (χ3v) is 3.58. The summed E-state index contributed by atoms with van der Waals surface area (Å²) in [6, 6.07) is 8.15. The quantitative estimate of drug-likeness (QED) is 0.823. The van der Waals surface area contributed by atoms with E-state index in [9.17, 15) is 4.79 Å². The Hall–Kier alpha value is -1.82. The molecule has 0 fully saturated rings. The molecule has 0 radical (unpaired) electrons. The zero-order valence-electron chi connectivity index (χ0n) is 10.9. The summed E-state index contributed by atoms with van der Waals surface area (Å²) < 4.78 is 0.